The fourth-order valence-corrected chi connectivity index (χ4v) is 1.62. The quantitative estimate of drug-likeness (QED) is 0.300. The Morgan fingerprint density at radius 3 is 2.00 bits per heavy atom. The molecule has 15 heavy (non-hydrogen) atoms. The van der Waals surface area contributed by atoms with E-state index in [1.165, 1.54) is 51.4 Å². The molecular weight excluding hydrogens is 184 g/mol. The number of aliphatic hydroxyl groups is 1. The van der Waals surface area contributed by atoms with E-state index in [1.807, 2.05) is 6.08 Å². The van der Waals surface area contributed by atoms with Gasteiger partial charge in [0, 0.05) is 0 Å². The van der Waals surface area contributed by atoms with Gasteiger partial charge in [-0.3, -0.25) is 0 Å². The summed E-state index contributed by atoms with van der Waals surface area (Å²) < 4.78 is 0. The van der Waals surface area contributed by atoms with Gasteiger partial charge in [0.1, 0.15) is 0 Å². The highest BCUT2D eigenvalue weighted by Gasteiger charge is 1.89. The van der Waals surface area contributed by atoms with E-state index in [0.29, 0.717) is 0 Å². The van der Waals surface area contributed by atoms with Crippen LogP contribution in [0.3, 0.4) is 0 Å². The van der Waals surface area contributed by atoms with Gasteiger partial charge in [0.05, 0.1) is 6.26 Å². The maximum absolute atomic E-state index is 8.38. The average Bonchev–Trinajstić information content (AvgIpc) is 2.26. The normalized spacial score (nSPS) is 11.8. The van der Waals surface area contributed by atoms with Crippen molar-refractivity contribution in [2.24, 2.45) is 0 Å². The van der Waals surface area contributed by atoms with Gasteiger partial charge < -0.3 is 5.11 Å². The summed E-state index contributed by atoms with van der Waals surface area (Å²) in [4.78, 5) is 0. The van der Waals surface area contributed by atoms with Crippen molar-refractivity contribution in [3.05, 3.63) is 24.5 Å². The summed E-state index contributed by atoms with van der Waals surface area (Å²) in [5.41, 5.74) is 0. The maximum Gasteiger partial charge on any atom is 0.0791 e. The van der Waals surface area contributed by atoms with Gasteiger partial charge in [-0.15, -0.1) is 0 Å². The van der Waals surface area contributed by atoms with Crippen LogP contribution in [0.15, 0.2) is 24.5 Å². The second-order valence-electron chi connectivity index (χ2n) is 4.03. The van der Waals surface area contributed by atoms with Crippen LogP contribution in [0.5, 0.6) is 0 Å². The lowest BCUT2D eigenvalue weighted by Crippen LogP contribution is -1.79. The average molecular weight is 210 g/mol. The molecule has 1 nitrogen and oxygen atoms in total. The second-order valence-corrected chi connectivity index (χ2v) is 4.03. The first-order valence-corrected chi connectivity index (χ1v) is 6.37. The predicted octanol–water partition coefficient (Wildman–Crippen LogP) is 5.15. The molecule has 0 spiro atoms. The summed E-state index contributed by atoms with van der Waals surface area (Å²) in [5, 5.41) is 8.38. The third-order valence-electron chi connectivity index (χ3n) is 2.56. The molecule has 88 valence electrons. The van der Waals surface area contributed by atoms with Gasteiger partial charge in [0.15, 0.2) is 0 Å². The minimum absolute atomic E-state index is 1.07. The zero-order valence-corrected chi connectivity index (χ0v) is 10.1. The zero-order chi connectivity index (χ0) is 11.2. The first-order chi connectivity index (χ1) is 7.41. The van der Waals surface area contributed by atoms with Crippen molar-refractivity contribution in [3.63, 3.8) is 0 Å². The fourth-order valence-electron chi connectivity index (χ4n) is 1.62. The summed E-state index contributed by atoms with van der Waals surface area (Å²) >= 11 is 0. The van der Waals surface area contributed by atoms with E-state index in [2.05, 4.69) is 13.0 Å². The lowest BCUT2D eigenvalue weighted by atomic mass is 10.1. The Morgan fingerprint density at radius 2 is 1.40 bits per heavy atom. The van der Waals surface area contributed by atoms with E-state index in [1.54, 1.807) is 6.08 Å². The molecule has 0 unspecified atom stereocenters. The molecule has 0 rings (SSSR count). The van der Waals surface area contributed by atoms with Crippen LogP contribution in [0, 0.1) is 0 Å². The molecule has 0 fully saturated rings. The number of hydrogen-bond donors (Lipinski definition) is 1. The number of aliphatic hydroxyl groups excluding tert-OH is 1. The molecule has 0 aromatic heterocycles. The molecule has 1 N–H and O–H groups in total. The van der Waals surface area contributed by atoms with Crippen molar-refractivity contribution >= 4 is 0 Å². The highest BCUT2D eigenvalue weighted by atomic mass is 16.2. The second kappa shape index (κ2) is 13.3. The van der Waals surface area contributed by atoms with Crippen LogP contribution >= 0.6 is 0 Å². The van der Waals surface area contributed by atoms with Gasteiger partial charge in [-0.2, -0.15) is 0 Å². The Balaban J connectivity index is 2.98. The number of unbranched alkanes of at least 4 members (excludes halogenated alkanes) is 8. The predicted molar refractivity (Wildman–Crippen MR) is 68.1 cm³/mol. The molecule has 0 aliphatic rings. The van der Waals surface area contributed by atoms with Crippen molar-refractivity contribution in [1.82, 2.24) is 0 Å². The van der Waals surface area contributed by atoms with Crippen molar-refractivity contribution in [2.45, 2.75) is 64.7 Å². The molecule has 0 aliphatic heterocycles. The Bertz CT molecular complexity index is 159. The zero-order valence-electron chi connectivity index (χ0n) is 10.1. The molecule has 0 amide bonds. The van der Waals surface area contributed by atoms with Crippen LogP contribution in [0.25, 0.3) is 0 Å². The largest absolute Gasteiger partial charge is 0.516 e. The molecule has 0 aromatic rings. The molecular formula is C14H26O. The van der Waals surface area contributed by atoms with Crippen LogP contribution in [0.2, 0.25) is 0 Å². The van der Waals surface area contributed by atoms with Crippen molar-refractivity contribution in [2.75, 3.05) is 0 Å². The molecule has 0 bridgehead atoms. The SMILES string of the molecule is CCCCCCCCCC/C=C/C=C/O. The standard InChI is InChI=1S/C14H26O/c1-2-3-4-5-6-7-8-9-10-11-12-13-14-15/h11-15H,2-10H2,1H3/b12-11+,14-13+. The molecule has 0 heterocycles. The first kappa shape index (κ1) is 14.3. The van der Waals surface area contributed by atoms with Gasteiger partial charge in [-0.05, 0) is 18.9 Å². The molecule has 0 saturated carbocycles. The van der Waals surface area contributed by atoms with E-state index in [-0.39, 0.29) is 0 Å². The Kier molecular flexibility index (Phi) is 12.6. The third-order valence-corrected chi connectivity index (χ3v) is 2.56. The van der Waals surface area contributed by atoms with Crippen molar-refractivity contribution in [1.29, 1.82) is 0 Å². The highest BCUT2D eigenvalue weighted by Crippen LogP contribution is 2.09. The van der Waals surface area contributed by atoms with Gasteiger partial charge in [-0.25, -0.2) is 0 Å². The number of rotatable bonds is 10. The summed E-state index contributed by atoms with van der Waals surface area (Å²) in [5.74, 6) is 0. The van der Waals surface area contributed by atoms with Gasteiger partial charge in [-0.1, -0.05) is 64.0 Å². The monoisotopic (exact) mass is 210 g/mol. The van der Waals surface area contributed by atoms with Crippen LogP contribution < -0.4 is 0 Å². The summed E-state index contributed by atoms with van der Waals surface area (Å²) in [6, 6.07) is 0. The van der Waals surface area contributed by atoms with E-state index in [0.717, 1.165) is 12.7 Å². The van der Waals surface area contributed by atoms with Gasteiger partial charge in [0.25, 0.3) is 0 Å². The van der Waals surface area contributed by atoms with Crippen molar-refractivity contribution in [3.8, 4) is 0 Å². The van der Waals surface area contributed by atoms with Gasteiger partial charge >= 0.3 is 0 Å². The minimum Gasteiger partial charge on any atom is -0.516 e. The van der Waals surface area contributed by atoms with Crippen LogP contribution in [0.1, 0.15) is 64.7 Å². The molecule has 1 heteroatoms. The molecule has 0 radical (unpaired) electrons. The molecule has 0 saturated heterocycles. The van der Waals surface area contributed by atoms with Crippen LogP contribution in [-0.4, -0.2) is 5.11 Å². The Hall–Kier alpha value is -0.720. The van der Waals surface area contributed by atoms with Crippen LogP contribution in [0.4, 0.5) is 0 Å². The van der Waals surface area contributed by atoms with E-state index in [4.69, 9.17) is 5.11 Å². The molecule has 0 aromatic carbocycles. The number of hydrogen-bond acceptors (Lipinski definition) is 1. The minimum atomic E-state index is 1.07. The van der Waals surface area contributed by atoms with Gasteiger partial charge in [0.2, 0.25) is 0 Å². The van der Waals surface area contributed by atoms with Crippen molar-refractivity contribution < 1.29 is 5.11 Å². The topological polar surface area (TPSA) is 20.2 Å². The fraction of sp³-hybridized carbons (Fsp3) is 0.714. The molecule has 0 atom stereocenters. The summed E-state index contributed by atoms with van der Waals surface area (Å²) in [7, 11) is 0. The third kappa shape index (κ3) is 13.3. The van der Waals surface area contributed by atoms with E-state index < -0.39 is 0 Å². The lowest BCUT2D eigenvalue weighted by molar-refractivity contribution is 0.473. The van der Waals surface area contributed by atoms with E-state index >= 15 is 0 Å². The highest BCUT2D eigenvalue weighted by molar-refractivity contribution is 4.98. The summed E-state index contributed by atoms with van der Waals surface area (Å²) in [6.07, 6.45) is 18.9. The Labute approximate surface area is 94.9 Å². The lowest BCUT2D eigenvalue weighted by Gasteiger charge is -1.99. The first-order valence-electron chi connectivity index (χ1n) is 6.37. The maximum atomic E-state index is 8.38. The van der Waals surface area contributed by atoms with E-state index in [9.17, 15) is 0 Å². The smallest absolute Gasteiger partial charge is 0.0791 e. The van der Waals surface area contributed by atoms with Crippen LogP contribution in [-0.2, 0) is 0 Å². The number of allylic oxidation sites excluding steroid dienone is 3. The summed E-state index contributed by atoms with van der Waals surface area (Å²) in [6.45, 7) is 2.26. The Morgan fingerprint density at radius 1 is 0.800 bits per heavy atom. The molecule has 0 aliphatic carbocycles.